The molecule has 0 aliphatic heterocycles. The van der Waals surface area contributed by atoms with Crippen LogP contribution in [0.15, 0.2) is 42.5 Å². The van der Waals surface area contributed by atoms with Gasteiger partial charge in [-0.05, 0) is 70.0 Å². The molecule has 2 aromatic carbocycles. The molecule has 0 bridgehead atoms. The van der Waals surface area contributed by atoms with Gasteiger partial charge in [0.2, 0.25) is 21.8 Å². The highest BCUT2D eigenvalue weighted by atomic mass is 35.5. The number of nitrogens with zero attached hydrogens (tertiary/aromatic N) is 2. The second kappa shape index (κ2) is 13.2. The van der Waals surface area contributed by atoms with Crippen LogP contribution in [-0.2, 0) is 26.2 Å². The zero-order chi connectivity index (χ0) is 28.7. The van der Waals surface area contributed by atoms with Crippen LogP contribution in [0.1, 0.15) is 46.1 Å². The van der Waals surface area contributed by atoms with Crippen molar-refractivity contribution in [2.24, 2.45) is 0 Å². The Hall–Kier alpha value is -2.98. The number of amides is 2. The van der Waals surface area contributed by atoms with Gasteiger partial charge in [0.1, 0.15) is 17.5 Å². The monoisotopic (exact) mass is 567 g/mol. The van der Waals surface area contributed by atoms with Crippen molar-refractivity contribution in [3.63, 3.8) is 0 Å². The van der Waals surface area contributed by atoms with Gasteiger partial charge >= 0.3 is 0 Å². The maximum Gasteiger partial charge on any atom is 0.242 e. The van der Waals surface area contributed by atoms with Gasteiger partial charge in [-0.3, -0.25) is 13.9 Å². The first kappa shape index (κ1) is 31.2. The van der Waals surface area contributed by atoms with Crippen molar-refractivity contribution in [2.45, 2.75) is 58.7 Å². The predicted molar refractivity (Wildman–Crippen MR) is 150 cm³/mol. The fraction of sp³-hybridized carbons (Fsp3) is 0.481. The summed E-state index contributed by atoms with van der Waals surface area (Å²) < 4.78 is 36.6. The van der Waals surface area contributed by atoms with Crippen LogP contribution in [-0.4, -0.2) is 63.7 Å². The van der Waals surface area contributed by atoms with Gasteiger partial charge in [-0.25, -0.2) is 8.42 Å². The molecule has 9 nitrogen and oxygen atoms in total. The Morgan fingerprint density at radius 2 is 1.68 bits per heavy atom. The second-order valence-electron chi connectivity index (χ2n) is 10.0. The topological polar surface area (TPSA) is 105 Å². The van der Waals surface area contributed by atoms with Crippen molar-refractivity contribution in [3.05, 3.63) is 53.1 Å². The Labute approximate surface area is 231 Å². The van der Waals surface area contributed by atoms with Crippen LogP contribution in [0, 0.1) is 0 Å². The van der Waals surface area contributed by atoms with Crippen LogP contribution in [0.25, 0.3) is 0 Å². The summed E-state index contributed by atoms with van der Waals surface area (Å²) in [4.78, 5) is 27.9. The fourth-order valence-corrected chi connectivity index (χ4v) is 5.01. The highest BCUT2D eigenvalue weighted by Crippen LogP contribution is 2.30. The van der Waals surface area contributed by atoms with Crippen LogP contribution < -0.4 is 19.1 Å². The minimum atomic E-state index is -3.64. The lowest BCUT2D eigenvalue weighted by atomic mass is 10.1. The minimum absolute atomic E-state index is 0.0409. The Bertz CT molecular complexity index is 1210. The van der Waals surface area contributed by atoms with Crippen LogP contribution in [0.2, 0.25) is 5.02 Å². The number of halogens is 1. The van der Waals surface area contributed by atoms with Gasteiger partial charge in [0.05, 0.1) is 31.2 Å². The first-order valence-corrected chi connectivity index (χ1v) is 14.4. The molecule has 1 atom stereocenters. The number of hydrogen-bond donors (Lipinski definition) is 1. The van der Waals surface area contributed by atoms with Gasteiger partial charge in [0.15, 0.2) is 0 Å². The summed E-state index contributed by atoms with van der Waals surface area (Å²) in [5.74, 6) is 0.573. The number of benzene rings is 2. The fourth-order valence-electron chi connectivity index (χ4n) is 3.80. The van der Waals surface area contributed by atoms with E-state index in [9.17, 15) is 18.0 Å². The molecule has 1 unspecified atom stereocenters. The number of sulfonamides is 1. The molecule has 0 radical (unpaired) electrons. The third-order valence-electron chi connectivity index (χ3n) is 5.75. The number of nitrogens with one attached hydrogen (secondary N) is 1. The van der Waals surface area contributed by atoms with Crippen LogP contribution in [0.3, 0.4) is 0 Å². The zero-order valence-electron chi connectivity index (χ0n) is 23.1. The normalized spacial score (nSPS) is 12.4. The molecule has 2 aromatic rings. The molecule has 0 saturated carbocycles. The quantitative estimate of drug-likeness (QED) is 0.411. The van der Waals surface area contributed by atoms with Gasteiger partial charge in [-0.2, -0.15) is 0 Å². The summed E-state index contributed by atoms with van der Waals surface area (Å²) in [5.41, 5.74) is 0.745. The molecule has 0 aliphatic carbocycles. The summed E-state index contributed by atoms with van der Waals surface area (Å²) in [6.45, 7) is 7.58. The zero-order valence-corrected chi connectivity index (χ0v) is 24.6. The van der Waals surface area contributed by atoms with Crippen LogP contribution in [0.5, 0.6) is 11.5 Å². The van der Waals surface area contributed by atoms with Gasteiger partial charge in [0.25, 0.3) is 0 Å². The van der Waals surface area contributed by atoms with Gasteiger partial charge in [0, 0.05) is 25.0 Å². The van der Waals surface area contributed by atoms with Crippen molar-refractivity contribution in [1.29, 1.82) is 0 Å². The van der Waals surface area contributed by atoms with E-state index in [0.717, 1.165) is 11.8 Å². The lowest BCUT2D eigenvalue weighted by Gasteiger charge is -2.32. The van der Waals surface area contributed by atoms with E-state index in [-0.39, 0.29) is 42.8 Å². The number of hydrogen-bond acceptors (Lipinski definition) is 6. The van der Waals surface area contributed by atoms with E-state index in [1.807, 2.05) is 32.9 Å². The molecule has 0 spiro atoms. The molecule has 0 heterocycles. The molecule has 0 aromatic heterocycles. The van der Waals surface area contributed by atoms with E-state index < -0.39 is 21.6 Å². The molecule has 210 valence electrons. The third kappa shape index (κ3) is 9.09. The Balaban J connectivity index is 2.21. The van der Waals surface area contributed by atoms with E-state index in [1.54, 1.807) is 38.3 Å². The van der Waals surface area contributed by atoms with E-state index in [0.29, 0.717) is 17.2 Å². The maximum absolute atomic E-state index is 13.4. The van der Waals surface area contributed by atoms with Crippen molar-refractivity contribution in [3.8, 4) is 11.5 Å². The molecule has 2 amide bonds. The van der Waals surface area contributed by atoms with E-state index in [4.69, 9.17) is 21.1 Å². The number of carbonyl (C=O) groups is 2. The van der Waals surface area contributed by atoms with E-state index in [1.165, 1.54) is 22.4 Å². The molecular weight excluding hydrogens is 530 g/mol. The molecule has 0 aliphatic rings. The summed E-state index contributed by atoms with van der Waals surface area (Å²) >= 11 is 6.20. The average molecular weight is 568 g/mol. The molecular formula is C27H38ClN3O6S. The summed E-state index contributed by atoms with van der Waals surface area (Å²) in [7, 11) is -0.598. The Morgan fingerprint density at radius 3 is 2.18 bits per heavy atom. The number of methoxy groups -OCH3 is 2. The second-order valence-corrected chi connectivity index (χ2v) is 12.4. The molecule has 38 heavy (non-hydrogen) atoms. The summed E-state index contributed by atoms with van der Waals surface area (Å²) in [5, 5.41) is 3.20. The van der Waals surface area contributed by atoms with E-state index >= 15 is 0 Å². The van der Waals surface area contributed by atoms with Crippen molar-refractivity contribution < 1.29 is 27.5 Å². The van der Waals surface area contributed by atoms with Crippen LogP contribution >= 0.6 is 11.6 Å². The van der Waals surface area contributed by atoms with Crippen LogP contribution in [0.4, 0.5) is 5.69 Å². The first-order chi connectivity index (χ1) is 17.7. The first-order valence-electron chi connectivity index (χ1n) is 12.2. The number of rotatable bonds is 12. The smallest absolute Gasteiger partial charge is 0.242 e. The molecule has 0 saturated heterocycles. The number of carbonyl (C=O) groups excluding carboxylic acids is 2. The Kier molecular flexibility index (Phi) is 10.8. The standard InChI is InChI=1S/C27H38ClN3O6S/c1-19(26(33)29-27(2,3)4)30(18-20-10-13-22(36-5)14-11-20)25(32)9-8-16-31(38(7,34)35)21-12-15-24(37-6)23(28)17-21/h10-15,17,19H,8-9,16,18H2,1-7H3,(H,29,33). The van der Waals surface area contributed by atoms with Crippen molar-refractivity contribution >= 4 is 39.1 Å². The highest BCUT2D eigenvalue weighted by molar-refractivity contribution is 7.92. The van der Waals surface area contributed by atoms with E-state index in [2.05, 4.69) is 5.32 Å². The van der Waals surface area contributed by atoms with Gasteiger partial charge in [-0.1, -0.05) is 23.7 Å². The number of ether oxygens (including phenoxy) is 2. The number of anilines is 1. The molecule has 11 heteroatoms. The van der Waals surface area contributed by atoms with Gasteiger partial charge < -0.3 is 19.7 Å². The average Bonchev–Trinajstić information content (AvgIpc) is 2.83. The van der Waals surface area contributed by atoms with Crippen molar-refractivity contribution in [2.75, 3.05) is 31.3 Å². The maximum atomic E-state index is 13.4. The Morgan fingerprint density at radius 1 is 1.05 bits per heavy atom. The molecule has 1 N–H and O–H groups in total. The van der Waals surface area contributed by atoms with Crippen molar-refractivity contribution in [1.82, 2.24) is 10.2 Å². The molecule has 0 fully saturated rings. The lowest BCUT2D eigenvalue weighted by Crippen LogP contribution is -2.52. The summed E-state index contributed by atoms with van der Waals surface area (Å²) in [6, 6.07) is 11.2. The molecule has 2 rings (SSSR count). The SMILES string of the molecule is COc1ccc(CN(C(=O)CCCN(c2ccc(OC)c(Cl)c2)S(C)(=O)=O)C(C)C(=O)NC(C)(C)C)cc1. The largest absolute Gasteiger partial charge is 0.497 e. The minimum Gasteiger partial charge on any atom is -0.497 e. The summed E-state index contributed by atoms with van der Waals surface area (Å²) in [6.07, 6.45) is 1.38. The van der Waals surface area contributed by atoms with Gasteiger partial charge in [-0.15, -0.1) is 0 Å². The predicted octanol–water partition coefficient (Wildman–Crippen LogP) is 4.24. The highest BCUT2D eigenvalue weighted by Gasteiger charge is 2.28. The third-order valence-corrected chi connectivity index (χ3v) is 7.24. The lowest BCUT2D eigenvalue weighted by molar-refractivity contribution is -0.141.